The third-order valence-corrected chi connectivity index (χ3v) is 6.66. The molecule has 1 heterocycles. The van der Waals surface area contributed by atoms with E-state index >= 15 is 0 Å². The largest absolute Gasteiger partial charge is 0.402 e. The van der Waals surface area contributed by atoms with E-state index in [1.165, 1.54) is 45.3 Å². The number of hydrogen-bond acceptors (Lipinski definition) is 5. The minimum absolute atomic E-state index is 0.307. The minimum atomic E-state index is 0.307. The van der Waals surface area contributed by atoms with Crippen LogP contribution in [0.3, 0.4) is 0 Å². The Morgan fingerprint density at radius 2 is 1.80 bits per heavy atom. The molecule has 0 aromatic rings. The second-order valence-electron chi connectivity index (χ2n) is 10.3. The Kier molecular flexibility index (Phi) is 8.03. The van der Waals surface area contributed by atoms with Crippen LogP contribution in [-0.2, 0) is 0 Å². The fraction of sp³-hybridized carbons (Fsp3) is 0.708. The molecule has 1 saturated carbocycles. The highest BCUT2D eigenvalue weighted by molar-refractivity contribution is 6.27. The van der Waals surface area contributed by atoms with Gasteiger partial charge < -0.3 is 21.8 Å². The summed E-state index contributed by atoms with van der Waals surface area (Å²) < 4.78 is 0. The number of aliphatic imine (C=N–C) groups is 2. The maximum absolute atomic E-state index is 8.26. The number of piperidine rings is 1. The molecule has 30 heavy (non-hydrogen) atoms. The van der Waals surface area contributed by atoms with Crippen molar-refractivity contribution in [2.75, 3.05) is 33.2 Å². The van der Waals surface area contributed by atoms with Crippen LogP contribution in [0, 0.1) is 22.2 Å². The molecular formula is C24H42N6. The summed E-state index contributed by atoms with van der Waals surface area (Å²) in [6.07, 6.45) is 8.49. The summed E-state index contributed by atoms with van der Waals surface area (Å²) in [6.45, 7) is 15.0. The first-order chi connectivity index (χ1) is 14.0. The quantitative estimate of drug-likeness (QED) is 0.416. The molecule has 2 aliphatic rings. The maximum Gasteiger partial charge on any atom is 0.118 e. The van der Waals surface area contributed by atoms with Gasteiger partial charge in [-0.2, -0.15) is 0 Å². The lowest BCUT2D eigenvalue weighted by Gasteiger charge is -2.34. The zero-order valence-corrected chi connectivity index (χ0v) is 19.9. The summed E-state index contributed by atoms with van der Waals surface area (Å²) in [5.41, 5.74) is 15.2. The fourth-order valence-electron chi connectivity index (χ4n) is 4.34. The van der Waals surface area contributed by atoms with E-state index in [4.69, 9.17) is 16.9 Å². The van der Waals surface area contributed by atoms with Gasteiger partial charge in [-0.3, -0.25) is 9.98 Å². The highest BCUT2D eigenvalue weighted by Gasteiger charge is 2.54. The SMILES string of the molecule is CN=C(C)C(C(=N)/C=C\C(N)=NCC1CC12CCN(CCC(C)(C)C)CC2)=C(C)N. The molecule has 1 spiro atoms. The summed E-state index contributed by atoms with van der Waals surface area (Å²) in [4.78, 5) is 11.4. The van der Waals surface area contributed by atoms with Gasteiger partial charge in [0.15, 0.2) is 0 Å². The first kappa shape index (κ1) is 24.3. The minimum Gasteiger partial charge on any atom is -0.402 e. The molecule has 0 bridgehead atoms. The second kappa shape index (κ2) is 9.90. The molecule has 6 heteroatoms. The topological polar surface area (TPSA) is 104 Å². The van der Waals surface area contributed by atoms with Crippen LogP contribution in [-0.4, -0.2) is 55.4 Å². The molecule has 5 N–H and O–H groups in total. The van der Waals surface area contributed by atoms with Crippen molar-refractivity contribution in [2.24, 2.45) is 38.2 Å². The molecule has 0 amide bonds. The Morgan fingerprint density at radius 1 is 1.17 bits per heavy atom. The van der Waals surface area contributed by atoms with E-state index in [0.717, 1.165) is 12.3 Å². The Balaban J connectivity index is 1.82. The lowest BCUT2D eigenvalue weighted by Crippen LogP contribution is -2.37. The van der Waals surface area contributed by atoms with Crippen LogP contribution in [0.15, 0.2) is 33.4 Å². The van der Waals surface area contributed by atoms with Gasteiger partial charge in [-0.25, -0.2) is 0 Å². The Bertz CT molecular complexity index is 738. The van der Waals surface area contributed by atoms with Crippen molar-refractivity contribution in [2.45, 2.75) is 60.3 Å². The molecular weight excluding hydrogens is 372 g/mol. The molecule has 168 valence electrons. The van der Waals surface area contributed by atoms with Gasteiger partial charge in [0, 0.05) is 30.6 Å². The van der Waals surface area contributed by atoms with Gasteiger partial charge in [0.1, 0.15) is 5.84 Å². The standard InChI is InChI=1S/C24H42N6/c1-17(25)22(18(2)28-6)20(26)7-8-21(27)29-16-19-15-24(19)10-13-30(14-11-24)12-9-23(3,4)5/h7-8,19,26H,9-16,25H2,1-6H3,(H2,27,29)/b8-7-,22-17?,26-20?,28-18?. The zero-order valence-electron chi connectivity index (χ0n) is 19.9. The van der Waals surface area contributed by atoms with Crippen LogP contribution < -0.4 is 11.5 Å². The van der Waals surface area contributed by atoms with Crippen LogP contribution in [0.4, 0.5) is 0 Å². The van der Waals surface area contributed by atoms with Gasteiger partial charge in [-0.15, -0.1) is 0 Å². The first-order valence-electron chi connectivity index (χ1n) is 11.2. The number of hydrogen-bond donors (Lipinski definition) is 3. The van der Waals surface area contributed by atoms with Crippen LogP contribution in [0.5, 0.6) is 0 Å². The third kappa shape index (κ3) is 6.79. The second-order valence-corrected chi connectivity index (χ2v) is 10.3. The molecule has 6 nitrogen and oxygen atoms in total. The smallest absolute Gasteiger partial charge is 0.118 e. The molecule has 0 radical (unpaired) electrons. The van der Waals surface area contributed by atoms with Crippen molar-refractivity contribution in [3.05, 3.63) is 23.4 Å². The van der Waals surface area contributed by atoms with Gasteiger partial charge in [0.2, 0.25) is 0 Å². The van der Waals surface area contributed by atoms with Crippen molar-refractivity contribution in [3.63, 3.8) is 0 Å². The van der Waals surface area contributed by atoms with Gasteiger partial charge in [0.05, 0.1) is 5.71 Å². The molecule has 1 aliphatic carbocycles. The molecule has 2 rings (SSSR count). The molecule has 1 unspecified atom stereocenters. The molecule has 0 aromatic carbocycles. The van der Waals surface area contributed by atoms with Crippen LogP contribution in [0.2, 0.25) is 0 Å². The average molecular weight is 415 g/mol. The van der Waals surface area contributed by atoms with Crippen molar-refractivity contribution >= 4 is 17.3 Å². The fourth-order valence-corrected chi connectivity index (χ4v) is 4.34. The average Bonchev–Trinajstić information content (AvgIpc) is 3.35. The lowest BCUT2D eigenvalue weighted by molar-refractivity contribution is 0.146. The van der Waals surface area contributed by atoms with Gasteiger partial charge >= 0.3 is 0 Å². The Hall–Kier alpha value is -1.95. The van der Waals surface area contributed by atoms with Crippen molar-refractivity contribution in [1.82, 2.24) is 4.90 Å². The summed E-state index contributed by atoms with van der Waals surface area (Å²) in [7, 11) is 1.70. The van der Waals surface area contributed by atoms with Crippen LogP contribution >= 0.6 is 0 Å². The van der Waals surface area contributed by atoms with Crippen molar-refractivity contribution < 1.29 is 0 Å². The predicted octanol–water partition coefficient (Wildman–Crippen LogP) is 3.78. The summed E-state index contributed by atoms with van der Waals surface area (Å²) in [6, 6.07) is 0. The molecule has 2 fully saturated rings. The van der Waals surface area contributed by atoms with Crippen LogP contribution in [0.25, 0.3) is 0 Å². The maximum atomic E-state index is 8.26. The number of nitrogens with one attached hydrogen (secondary N) is 1. The van der Waals surface area contributed by atoms with Gasteiger partial charge in [-0.05, 0) is 88.1 Å². The van der Waals surface area contributed by atoms with E-state index in [9.17, 15) is 0 Å². The number of nitrogens with two attached hydrogens (primary N) is 2. The number of allylic oxidation sites excluding steroid dienone is 3. The molecule has 0 aromatic heterocycles. The monoisotopic (exact) mass is 414 g/mol. The van der Waals surface area contributed by atoms with E-state index in [2.05, 4.69) is 35.7 Å². The first-order valence-corrected chi connectivity index (χ1v) is 11.2. The van der Waals surface area contributed by atoms with E-state index in [1.54, 1.807) is 26.1 Å². The highest BCUT2D eigenvalue weighted by Crippen LogP contribution is 2.59. The third-order valence-electron chi connectivity index (χ3n) is 6.66. The van der Waals surface area contributed by atoms with E-state index in [1.807, 2.05) is 6.92 Å². The van der Waals surface area contributed by atoms with Gasteiger partial charge in [0.25, 0.3) is 0 Å². The summed E-state index contributed by atoms with van der Waals surface area (Å²) >= 11 is 0. The predicted molar refractivity (Wildman–Crippen MR) is 130 cm³/mol. The zero-order chi connectivity index (χ0) is 22.5. The Labute approximate surface area is 183 Å². The number of rotatable bonds is 8. The number of amidine groups is 1. The van der Waals surface area contributed by atoms with E-state index in [-0.39, 0.29) is 0 Å². The summed E-state index contributed by atoms with van der Waals surface area (Å²) in [5, 5.41) is 8.26. The Morgan fingerprint density at radius 3 is 2.33 bits per heavy atom. The lowest BCUT2D eigenvalue weighted by atomic mass is 9.88. The number of nitrogens with zero attached hydrogens (tertiary/aromatic N) is 3. The van der Waals surface area contributed by atoms with Crippen molar-refractivity contribution in [1.29, 1.82) is 5.41 Å². The molecule has 1 saturated heterocycles. The van der Waals surface area contributed by atoms with E-state index in [0.29, 0.717) is 39.6 Å². The summed E-state index contributed by atoms with van der Waals surface area (Å²) in [5.74, 6) is 1.13. The van der Waals surface area contributed by atoms with Crippen LogP contribution in [0.1, 0.15) is 60.3 Å². The van der Waals surface area contributed by atoms with E-state index < -0.39 is 0 Å². The van der Waals surface area contributed by atoms with Gasteiger partial charge in [-0.1, -0.05) is 20.8 Å². The normalized spacial score (nSPS) is 23.7. The van der Waals surface area contributed by atoms with Crippen molar-refractivity contribution in [3.8, 4) is 0 Å². The highest BCUT2D eigenvalue weighted by atomic mass is 15.1. The molecule has 1 aliphatic heterocycles. The number of likely N-dealkylation sites (tertiary alicyclic amines) is 1. The molecule has 1 atom stereocenters.